The molecule has 0 fully saturated rings. The Hall–Kier alpha value is -1.82. The molecule has 0 saturated heterocycles. The first kappa shape index (κ1) is 14.2. The lowest BCUT2D eigenvalue weighted by atomic mass is 9.88. The molecule has 0 aromatic heterocycles. The smallest absolute Gasteiger partial charge is 0.339 e. The lowest BCUT2D eigenvalue weighted by Gasteiger charge is -2.32. The second-order valence-electron chi connectivity index (χ2n) is 4.44. The van der Waals surface area contributed by atoms with Gasteiger partial charge in [-0.05, 0) is 19.9 Å². The van der Waals surface area contributed by atoms with E-state index >= 15 is 0 Å². The number of nitrogens with one attached hydrogen (secondary N) is 1. The highest BCUT2D eigenvalue weighted by Gasteiger charge is 2.36. The Bertz CT molecular complexity index is 417. The van der Waals surface area contributed by atoms with Crippen molar-refractivity contribution >= 4 is 11.9 Å². The Balaban J connectivity index is 3.12. The number of hydrogen-bond donors (Lipinski definition) is 2. The summed E-state index contributed by atoms with van der Waals surface area (Å²) in [5.74, 6) is -1.18. The molecule has 0 unspecified atom stereocenters. The van der Waals surface area contributed by atoms with Crippen molar-refractivity contribution in [2.45, 2.75) is 25.5 Å². The highest BCUT2D eigenvalue weighted by molar-refractivity contribution is 5.97. The normalized spacial score (nSPS) is 19.3. The van der Waals surface area contributed by atoms with Crippen LogP contribution in [0.4, 0.5) is 0 Å². The summed E-state index contributed by atoms with van der Waals surface area (Å²) in [6.07, 6.45) is 2.76. The molecule has 1 heterocycles. The van der Waals surface area contributed by atoms with E-state index in [1.807, 2.05) is 0 Å². The Labute approximate surface area is 105 Å². The van der Waals surface area contributed by atoms with Crippen LogP contribution in [-0.2, 0) is 19.1 Å². The average molecular weight is 255 g/mol. The summed E-state index contributed by atoms with van der Waals surface area (Å²) in [4.78, 5) is 23.0. The number of esters is 2. The molecule has 100 valence electrons. The maximum absolute atomic E-state index is 11.7. The lowest BCUT2D eigenvalue weighted by Crippen LogP contribution is -2.49. The van der Waals surface area contributed by atoms with Crippen LogP contribution >= 0.6 is 0 Å². The van der Waals surface area contributed by atoms with E-state index in [-0.39, 0.29) is 11.1 Å². The topological polar surface area (TPSA) is 84.9 Å². The van der Waals surface area contributed by atoms with E-state index in [1.165, 1.54) is 26.5 Å². The van der Waals surface area contributed by atoms with Crippen LogP contribution in [-0.4, -0.2) is 42.9 Å². The summed E-state index contributed by atoms with van der Waals surface area (Å²) >= 11 is 0. The van der Waals surface area contributed by atoms with E-state index in [9.17, 15) is 14.7 Å². The van der Waals surface area contributed by atoms with Crippen LogP contribution in [0.1, 0.15) is 13.8 Å². The fraction of sp³-hybridized carbons (Fsp3) is 0.500. The maximum atomic E-state index is 11.7. The van der Waals surface area contributed by atoms with Crippen molar-refractivity contribution in [3.05, 3.63) is 23.4 Å². The fourth-order valence-electron chi connectivity index (χ4n) is 1.67. The molecule has 0 spiro atoms. The van der Waals surface area contributed by atoms with Gasteiger partial charge in [-0.3, -0.25) is 0 Å². The molecule has 1 rings (SSSR count). The molecule has 2 N–H and O–H groups in total. The molecular weight excluding hydrogens is 238 g/mol. The summed E-state index contributed by atoms with van der Waals surface area (Å²) in [5.41, 5.74) is -0.815. The number of ether oxygens (including phenoxy) is 2. The van der Waals surface area contributed by atoms with Gasteiger partial charge < -0.3 is 19.9 Å². The molecule has 1 aliphatic heterocycles. The van der Waals surface area contributed by atoms with Gasteiger partial charge >= 0.3 is 11.9 Å². The third-order valence-electron chi connectivity index (χ3n) is 2.58. The molecule has 18 heavy (non-hydrogen) atoms. The van der Waals surface area contributed by atoms with Gasteiger partial charge in [0.15, 0.2) is 0 Å². The van der Waals surface area contributed by atoms with Crippen LogP contribution < -0.4 is 5.32 Å². The maximum Gasteiger partial charge on any atom is 0.339 e. The van der Waals surface area contributed by atoms with Gasteiger partial charge in [0.25, 0.3) is 0 Å². The van der Waals surface area contributed by atoms with Crippen LogP contribution in [0.5, 0.6) is 0 Å². The van der Waals surface area contributed by atoms with Crippen molar-refractivity contribution in [1.82, 2.24) is 5.32 Å². The molecule has 0 aliphatic carbocycles. The van der Waals surface area contributed by atoms with Crippen LogP contribution in [0, 0.1) is 0 Å². The SMILES string of the molecule is COC(=O)C1=CN[C@@H](C(C)(C)O)C(C(=O)OC)=C1. The average Bonchev–Trinajstić information content (AvgIpc) is 2.35. The van der Waals surface area contributed by atoms with Crippen molar-refractivity contribution in [2.24, 2.45) is 0 Å². The van der Waals surface area contributed by atoms with E-state index in [2.05, 4.69) is 14.8 Å². The highest BCUT2D eigenvalue weighted by atomic mass is 16.5. The second kappa shape index (κ2) is 5.22. The number of rotatable bonds is 3. The van der Waals surface area contributed by atoms with Gasteiger partial charge in [0.05, 0.1) is 37.0 Å². The van der Waals surface area contributed by atoms with Crippen molar-refractivity contribution in [3.63, 3.8) is 0 Å². The van der Waals surface area contributed by atoms with Crippen molar-refractivity contribution in [3.8, 4) is 0 Å². The summed E-state index contributed by atoms with van der Waals surface area (Å²) in [7, 11) is 2.48. The lowest BCUT2D eigenvalue weighted by molar-refractivity contribution is -0.137. The van der Waals surface area contributed by atoms with E-state index in [0.717, 1.165) is 0 Å². The minimum absolute atomic E-state index is 0.174. The number of dihydropyridines is 1. The first-order valence-corrected chi connectivity index (χ1v) is 5.38. The fourth-order valence-corrected chi connectivity index (χ4v) is 1.67. The molecule has 6 heteroatoms. The number of carbonyl (C=O) groups is 2. The van der Waals surface area contributed by atoms with Gasteiger partial charge in [0.2, 0.25) is 0 Å². The van der Waals surface area contributed by atoms with E-state index in [0.29, 0.717) is 0 Å². The Morgan fingerprint density at radius 2 is 1.83 bits per heavy atom. The Kier molecular flexibility index (Phi) is 4.13. The summed E-state index contributed by atoms with van der Waals surface area (Å²) in [6, 6.07) is -0.654. The molecule has 0 aromatic rings. The molecule has 1 aliphatic rings. The van der Waals surface area contributed by atoms with E-state index < -0.39 is 23.6 Å². The third-order valence-corrected chi connectivity index (χ3v) is 2.58. The zero-order chi connectivity index (χ0) is 13.9. The molecular formula is C12H17NO5. The monoisotopic (exact) mass is 255 g/mol. The van der Waals surface area contributed by atoms with Crippen LogP contribution in [0.25, 0.3) is 0 Å². The van der Waals surface area contributed by atoms with Gasteiger partial charge in [0.1, 0.15) is 0 Å². The zero-order valence-corrected chi connectivity index (χ0v) is 10.8. The minimum atomic E-state index is -1.18. The zero-order valence-electron chi connectivity index (χ0n) is 10.8. The van der Waals surface area contributed by atoms with Crippen molar-refractivity contribution < 1.29 is 24.2 Å². The van der Waals surface area contributed by atoms with Gasteiger partial charge in [-0.25, -0.2) is 9.59 Å². The number of methoxy groups -OCH3 is 2. The summed E-state index contributed by atoms with van der Waals surface area (Å²) < 4.78 is 9.20. The molecule has 0 aromatic carbocycles. The standard InChI is InChI=1S/C12H17NO5/c1-12(2,16)9-8(11(15)18-4)5-7(6-13-9)10(14)17-3/h5-6,9,13,16H,1-4H3/t9-/m1/s1. The number of hydrogen-bond acceptors (Lipinski definition) is 6. The highest BCUT2D eigenvalue weighted by Crippen LogP contribution is 2.23. The van der Waals surface area contributed by atoms with Gasteiger partial charge in [0, 0.05) is 6.20 Å². The molecule has 0 bridgehead atoms. The number of carbonyl (C=O) groups excluding carboxylic acids is 2. The minimum Gasteiger partial charge on any atom is -0.466 e. The quantitative estimate of drug-likeness (QED) is 0.684. The molecule has 1 atom stereocenters. The molecule has 0 radical (unpaired) electrons. The molecule has 0 amide bonds. The predicted molar refractivity (Wildman–Crippen MR) is 63.4 cm³/mol. The van der Waals surface area contributed by atoms with Crippen LogP contribution in [0.15, 0.2) is 23.4 Å². The first-order valence-electron chi connectivity index (χ1n) is 5.38. The summed E-state index contributed by atoms with van der Waals surface area (Å²) in [6.45, 7) is 3.11. The largest absolute Gasteiger partial charge is 0.466 e. The first-order chi connectivity index (χ1) is 8.31. The van der Waals surface area contributed by atoms with E-state index in [4.69, 9.17) is 0 Å². The summed E-state index contributed by atoms with van der Waals surface area (Å²) in [5, 5.41) is 12.8. The van der Waals surface area contributed by atoms with Crippen LogP contribution in [0.2, 0.25) is 0 Å². The third kappa shape index (κ3) is 2.89. The van der Waals surface area contributed by atoms with Crippen molar-refractivity contribution in [2.75, 3.05) is 14.2 Å². The van der Waals surface area contributed by atoms with Crippen LogP contribution in [0.3, 0.4) is 0 Å². The second-order valence-corrected chi connectivity index (χ2v) is 4.44. The Morgan fingerprint density at radius 3 is 2.28 bits per heavy atom. The van der Waals surface area contributed by atoms with Gasteiger partial charge in [-0.1, -0.05) is 0 Å². The molecule has 6 nitrogen and oxygen atoms in total. The Morgan fingerprint density at radius 1 is 1.28 bits per heavy atom. The van der Waals surface area contributed by atoms with Crippen molar-refractivity contribution in [1.29, 1.82) is 0 Å². The van der Waals surface area contributed by atoms with Gasteiger partial charge in [-0.15, -0.1) is 0 Å². The van der Waals surface area contributed by atoms with Gasteiger partial charge in [-0.2, -0.15) is 0 Å². The molecule has 0 saturated carbocycles. The number of aliphatic hydroxyl groups is 1. The van der Waals surface area contributed by atoms with E-state index in [1.54, 1.807) is 13.8 Å². The predicted octanol–water partition coefficient (Wildman–Crippen LogP) is -0.115.